The molecule has 1 spiro atoms. The average molecular weight is 1170 g/mol. The van der Waals surface area contributed by atoms with Crippen LogP contribution in [0.2, 0.25) is 0 Å². The topological polar surface area (TPSA) is 19.0 Å². The van der Waals surface area contributed by atoms with Crippen LogP contribution in [0.4, 0.5) is 51.2 Å². The molecule has 4 heteroatoms. The van der Waals surface area contributed by atoms with Gasteiger partial charge in [-0.3, -0.25) is 0 Å². The van der Waals surface area contributed by atoms with E-state index in [1.807, 2.05) is 0 Å². The van der Waals surface area contributed by atoms with Gasteiger partial charge in [-0.05, 0) is 202 Å². The molecule has 4 nitrogen and oxygen atoms in total. The van der Waals surface area contributed by atoms with Crippen molar-refractivity contribution in [1.29, 1.82) is 0 Å². The van der Waals surface area contributed by atoms with Gasteiger partial charge in [0, 0.05) is 33.6 Å². The summed E-state index contributed by atoms with van der Waals surface area (Å²) in [5.74, 6) is 1.66. The summed E-state index contributed by atoms with van der Waals surface area (Å²) in [4.78, 5) is 7.53. The van der Waals surface area contributed by atoms with Crippen LogP contribution in [0.1, 0.15) is 47.2 Å². The van der Waals surface area contributed by atoms with Crippen LogP contribution in [0.3, 0.4) is 0 Å². The van der Waals surface area contributed by atoms with E-state index >= 15 is 0 Å². The van der Waals surface area contributed by atoms with Crippen LogP contribution in [0.5, 0.6) is 11.5 Å². The van der Waals surface area contributed by atoms with Gasteiger partial charge in [0.15, 0.2) is 11.5 Å². The first-order valence-electron chi connectivity index (χ1n) is 32.0. The quantitative estimate of drug-likeness (QED) is 0.151. The molecule has 4 aliphatic rings. The molecule has 15 aromatic rings. The maximum absolute atomic E-state index is 7.16. The standard InChI is InChI=1S/C88H59N3O/c1-87(2)71-33-16-15-32-70(71)83-84-75(55-79(85(83)87)90(65-28-7-4-8-29-65)67-50-46-59(47-51-67)63-43-41-57-23-10-12-25-61(57)53-63)88(72-34-17-18-36-76(72)91-77-37-19-20-38-80(77)92-81-39-21-35-73(88)86(81)91)74-54-78(68-30-13-14-31-69(68)82(74)84)89(64-26-5-3-6-27-64)66-48-44-58(45-49-66)62-42-40-56-22-9-11-24-60(56)52-62/h3-55H,1-2H3. The number of hydrogen-bond donors (Lipinski definition) is 0. The molecule has 0 saturated heterocycles. The Morgan fingerprint density at radius 1 is 0.304 bits per heavy atom. The first-order chi connectivity index (χ1) is 45.4. The van der Waals surface area contributed by atoms with Gasteiger partial charge >= 0.3 is 0 Å². The summed E-state index contributed by atoms with van der Waals surface area (Å²) in [5.41, 5.74) is 25.6. The summed E-state index contributed by atoms with van der Waals surface area (Å²) in [5, 5.41) is 7.28. The van der Waals surface area contributed by atoms with Crippen LogP contribution < -0.4 is 19.4 Å². The number of hydrogen-bond acceptors (Lipinski definition) is 4. The van der Waals surface area contributed by atoms with E-state index in [2.05, 4.69) is 350 Å². The number of rotatable bonds is 8. The third-order valence-corrected chi connectivity index (χ3v) is 20.3. The molecule has 1 atom stereocenters. The summed E-state index contributed by atoms with van der Waals surface area (Å²) >= 11 is 0. The maximum atomic E-state index is 7.16. The molecule has 15 aromatic carbocycles. The van der Waals surface area contributed by atoms with Gasteiger partial charge in [-0.1, -0.05) is 238 Å². The molecule has 432 valence electrons. The zero-order valence-electron chi connectivity index (χ0n) is 50.8. The van der Waals surface area contributed by atoms with Gasteiger partial charge < -0.3 is 19.4 Å². The van der Waals surface area contributed by atoms with Crippen LogP contribution in [0.25, 0.3) is 76.8 Å². The van der Waals surface area contributed by atoms with Gasteiger partial charge in [-0.25, -0.2) is 0 Å². The second kappa shape index (κ2) is 19.9. The minimum atomic E-state index is -0.923. The van der Waals surface area contributed by atoms with Crippen molar-refractivity contribution in [1.82, 2.24) is 0 Å². The van der Waals surface area contributed by atoms with E-state index in [-0.39, 0.29) is 0 Å². The van der Waals surface area contributed by atoms with Gasteiger partial charge in [-0.2, -0.15) is 0 Å². The van der Waals surface area contributed by atoms with Crippen molar-refractivity contribution >= 4 is 83.5 Å². The van der Waals surface area contributed by atoms with Crippen molar-refractivity contribution in [3.8, 4) is 56.0 Å². The van der Waals surface area contributed by atoms with Crippen molar-refractivity contribution < 1.29 is 4.74 Å². The second-order valence-corrected chi connectivity index (χ2v) is 25.5. The Bertz CT molecular complexity index is 5540. The Balaban J connectivity index is 0.930. The van der Waals surface area contributed by atoms with E-state index in [1.165, 1.54) is 99.3 Å². The largest absolute Gasteiger partial charge is 0.453 e. The third-order valence-electron chi connectivity index (χ3n) is 20.3. The van der Waals surface area contributed by atoms with Gasteiger partial charge in [0.05, 0.1) is 33.9 Å². The van der Waals surface area contributed by atoms with E-state index in [0.717, 1.165) is 73.6 Å². The normalized spacial score (nSPS) is 14.8. The lowest BCUT2D eigenvalue weighted by Gasteiger charge is -2.47. The number of benzene rings is 15. The van der Waals surface area contributed by atoms with Gasteiger partial charge in [-0.15, -0.1) is 0 Å². The maximum Gasteiger partial charge on any atom is 0.151 e. The molecule has 1 unspecified atom stereocenters. The minimum absolute atomic E-state index is 0.437. The predicted molar refractivity (Wildman–Crippen MR) is 382 cm³/mol. The molecule has 92 heavy (non-hydrogen) atoms. The molecule has 0 amide bonds. The van der Waals surface area contributed by atoms with Crippen LogP contribution in [0, 0.1) is 0 Å². The Labute approximate surface area is 535 Å². The lowest BCUT2D eigenvalue weighted by atomic mass is 9.63. The first-order valence-corrected chi connectivity index (χ1v) is 32.0. The van der Waals surface area contributed by atoms with Crippen molar-refractivity contribution in [3.63, 3.8) is 0 Å². The lowest BCUT2D eigenvalue weighted by molar-refractivity contribution is 0.473. The van der Waals surface area contributed by atoms with Gasteiger partial charge in [0.1, 0.15) is 0 Å². The number of ether oxygens (including phenoxy) is 1. The van der Waals surface area contributed by atoms with Crippen molar-refractivity contribution in [2.24, 2.45) is 0 Å². The van der Waals surface area contributed by atoms with Gasteiger partial charge in [0.25, 0.3) is 0 Å². The van der Waals surface area contributed by atoms with E-state index in [0.29, 0.717) is 0 Å². The molecule has 0 N–H and O–H groups in total. The Morgan fingerprint density at radius 3 is 1.42 bits per heavy atom. The molecule has 19 rings (SSSR count). The zero-order chi connectivity index (χ0) is 60.8. The molecule has 0 fully saturated rings. The first kappa shape index (κ1) is 52.2. The van der Waals surface area contributed by atoms with Gasteiger partial charge in [0.2, 0.25) is 0 Å². The molecule has 0 saturated carbocycles. The molecule has 0 bridgehead atoms. The fourth-order valence-corrected chi connectivity index (χ4v) is 16.4. The molecule has 0 radical (unpaired) electrons. The third kappa shape index (κ3) is 7.46. The average Bonchev–Trinajstić information content (AvgIpc) is 1.44. The smallest absolute Gasteiger partial charge is 0.151 e. The summed E-state index contributed by atoms with van der Waals surface area (Å²) < 4.78 is 7.16. The molecular formula is C88H59N3O. The van der Waals surface area contributed by atoms with Crippen LogP contribution in [-0.2, 0) is 10.8 Å². The highest BCUT2D eigenvalue weighted by Gasteiger charge is 2.57. The van der Waals surface area contributed by atoms with Crippen LogP contribution in [-0.4, -0.2) is 0 Å². The summed E-state index contributed by atoms with van der Waals surface area (Å²) in [6, 6.07) is 120. The van der Waals surface area contributed by atoms with E-state index in [9.17, 15) is 0 Å². The minimum Gasteiger partial charge on any atom is -0.453 e. The number of fused-ring (bicyclic) bond motifs is 19. The molecule has 2 heterocycles. The highest BCUT2D eigenvalue weighted by Crippen LogP contribution is 2.72. The van der Waals surface area contributed by atoms with E-state index in [1.54, 1.807) is 0 Å². The fourth-order valence-electron chi connectivity index (χ4n) is 16.4. The van der Waals surface area contributed by atoms with Crippen molar-refractivity contribution in [2.75, 3.05) is 14.7 Å². The Morgan fingerprint density at radius 2 is 0.772 bits per heavy atom. The highest BCUT2D eigenvalue weighted by molar-refractivity contribution is 6.17. The summed E-state index contributed by atoms with van der Waals surface area (Å²) in [7, 11) is 0. The fraction of sp³-hybridized carbons (Fsp3) is 0.0455. The highest BCUT2D eigenvalue weighted by atomic mass is 16.5. The zero-order valence-corrected chi connectivity index (χ0v) is 50.8. The molecule has 2 aliphatic heterocycles. The van der Waals surface area contributed by atoms with Crippen molar-refractivity contribution in [3.05, 3.63) is 355 Å². The molecule has 2 aliphatic carbocycles. The summed E-state index contributed by atoms with van der Waals surface area (Å²) in [6.45, 7) is 4.90. The number of anilines is 9. The number of nitrogens with zero attached hydrogens (tertiary/aromatic N) is 3. The Hall–Kier alpha value is -11.7. The monoisotopic (exact) mass is 1170 g/mol. The molecule has 0 aromatic heterocycles. The number of para-hydroxylation sites is 6. The van der Waals surface area contributed by atoms with E-state index in [4.69, 9.17) is 4.74 Å². The Kier molecular flexibility index (Phi) is 11.3. The lowest BCUT2D eigenvalue weighted by Crippen LogP contribution is -2.37. The van der Waals surface area contributed by atoms with Crippen molar-refractivity contribution in [2.45, 2.75) is 24.7 Å². The van der Waals surface area contributed by atoms with Crippen LogP contribution in [0.15, 0.2) is 322 Å². The van der Waals surface area contributed by atoms with Crippen LogP contribution >= 0.6 is 0 Å². The predicted octanol–water partition coefficient (Wildman–Crippen LogP) is 24.0. The SMILES string of the molecule is CC1(C)c2ccccc2-c2c3c(cc(N(c4ccccc4)c4ccc(-c5ccc6ccccc6c5)cc4)c21)C1(c2ccccc2N2c4ccccc4Oc4cccc1c42)c1cc(N(c2ccccc2)c2ccc(-c4ccc5ccccc5c4)cc2)c2ccccc2c1-3. The van der Waals surface area contributed by atoms with E-state index < -0.39 is 10.8 Å². The molecular weight excluding hydrogens is 1110 g/mol. The second-order valence-electron chi connectivity index (χ2n) is 25.5. The summed E-state index contributed by atoms with van der Waals surface area (Å²) in [6.07, 6.45) is 0.